The summed E-state index contributed by atoms with van der Waals surface area (Å²) in [5.41, 5.74) is 5.74. The fourth-order valence-electron chi connectivity index (χ4n) is 2.52. The van der Waals surface area contributed by atoms with E-state index in [1.54, 1.807) is 0 Å². The summed E-state index contributed by atoms with van der Waals surface area (Å²) in [7, 11) is 0. The van der Waals surface area contributed by atoms with E-state index in [2.05, 4.69) is 35.5 Å². The molecular weight excluding hydrogens is 248 g/mol. The van der Waals surface area contributed by atoms with Crippen LogP contribution in [-0.4, -0.2) is 14.8 Å². The number of hydrogen-bond donors (Lipinski definition) is 1. The number of aromatic nitrogens is 3. The first kappa shape index (κ1) is 17.2. The largest absolute Gasteiger partial charge is 0.324 e. The van der Waals surface area contributed by atoms with Gasteiger partial charge < -0.3 is 10.3 Å². The Balaban J connectivity index is 2.34. The molecule has 0 aliphatic rings. The number of nitrogens with zero attached hydrogens (tertiary/aromatic N) is 3. The Bertz CT molecular complexity index is 357. The second-order valence-corrected chi connectivity index (χ2v) is 6.11. The summed E-state index contributed by atoms with van der Waals surface area (Å²) in [4.78, 5) is 0. The lowest BCUT2D eigenvalue weighted by atomic mass is 10.1. The molecule has 4 nitrogen and oxygen atoms in total. The van der Waals surface area contributed by atoms with Crippen molar-refractivity contribution < 1.29 is 0 Å². The zero-order chi connectivity index (χ0) is 14.8. The van der Waals surface area contributed by atoms with Crippen LogP contribution < -0.4 is 5.73 Å². The predicted molar refractivity (Wildman–Crippen MR) is 84.4 cm³/mol. The molecule has 0 aliphatic carbocycles. The molecule has 0 saturated carbocycles. The molecule has 2 N–H and O–H groups in total. The summed E-state index contributed by atoms with van der Waals surface area (Å²) in [6.45, 7) is 8.16. The third kappa shape index (κ3) is 6.04. The van der Waals surface area contributed by atoms with Crippen LogP contribution in [0.15, 0.2) is 0 Å². The minimum absolute atomic E-state index is 0.483. The van der Waals surface area contributed by atoms with Crippen LogP contribution in [0.1, 0.15) is 77.4 Å². The molecule has 0 aromatic carbocycles. The first-order valence-electron chi connectivity index (χ1n) is 8.30. The second kappa shape index (κ2) is 9.92. The van der Waals surface area contributed by atoms with Crippen molar-refractivity contribution in [2.45, 2.75) is 85.2 Å². The lowest BCUT2D eigenvalue weighted by Gasteiger charge is -2.11. The third-order valence-corrected chi connectivity index (χ3v) is 3.64. The average Bonchev–Trinajstić information content (AvgIpc) is 2.79. The van der Waals surface area contributed by atoms with Crippen LogP contribution in [0.4, 0.5) is 0 Å². The Kier molecular flexibility index (Phi) is 8.51. The number of rotatable bonds is 11. The highest BCUT2D eigenvalue weighted by Gasteiger charge is 2.11. The van der Waals surface area contributed by atoms with Crippen molar-refractivity contribution in [3.8, 4) is 0 Å². The highest BCUT2D eigenvalue weighted by Crippen LogP contribution is 2.12. The van der Waals surface area contributed by atoms with Crippen molar-refractivity contribution in [2.24, 2.45) is 11.7 Å². The first-order chi connectivity index (χ1) is 9.69. The molecule has 0 aliphatic heterocycles. The number of nitrogens with two attached hydrogens (primary N) is 1. The van der Waals surface area contributed by atoms with Crippen LogP contribution in [0.5, 0.6) is 0 Å². The minimum Gasteiger partial charge on any atom is -0.324 e. The molecule has 1 rings (SSSR count). The zero-order valence-electron chi connectivity index (χ0n) is 13.6. The van der Waals surface area contributed by atoms with Crippen molar-refractivity contribution in [1.82, 2.24) is 14.8 Å². The topological polar surface area (TPSA) is 56.7 Å². The van der Waals surface area contributed by atoms with Crippen molar-refractivity contribution in [3.05, 3.63) is 11.6 Å². The van der Waals surface area contributed by atoms with E-state index in [1.165, 1.54) is 44.9 Å². The lowest BCUT2D eigenvalue weighted by molar-refractivity contribution is 0.486. The zero-order valence-corrected chi connectivity index (χ0v) is 13.6. The van der Waals surface area contributed by atoms with Crippen molar-refractivity contribution in [3.63, 3.8) is 0 Å². The Morgan fingerprint density at radius 3 is 2.15 bits per heavy atom. The molecule has 1 heterocycles. The van der Waals surface area contributed by atoms with Gasteiger partial charge in [0.15, 0.2) is 0 Å². The standard InChI is InChI=1S/C16H32N4/c1-4-5-6-7-8-9-10-11-15-18-19-16(12-17)20(15)13-14(2)3/h14H,4-13,17H2,1-3H3. The quantitative estimate of drug-likeness (QED) is 0.629. The van der Waals surface area contributed by atoms with Crippen molar-refractivity contribution in [2.75, 3.05) is 0 Å². The van der Waals surface area contributed by atoms with E-state index < -0.39 is 0 Å². The highest BCUT2D eigenvalue weighted by atomic mass is 15.3. The Labute approximate surface area is 124 Å². The van der Waals surface area contributed by atoms with Gasteiger partial charge in [-0.3, -0.25) is 0 Å². The van der Waals surface area contributed by atoms with E-state index in [9.17, 15) is 0 Å². The molecule has 0 amide bonds. The van der Waals surface area contributed by atoms with Gasteiger partial charge in [0.25, 0.3) is 0 Å². The van der Waals surface area contributed by atoms with Gasteiger partial charge >= 0.3 is 0 Å². The predicted octanol–water partition coefficient (Wildman–Crippen LogP) is 3.69. The maximum absolute atomic E-state index is 5.74. The van der Waals surface area contributed by atoms with Crippen LogP contribution in [0.25, 0.3) is 0 Å². The van der Waals surface area contributed by atoms with Crippen molar-refractivity contribution >= 4 is 0 Å². The molecule has 116 valence electrons. The lowest BCUT2D eigenvalue weighted by Crippen LogP contribution is -2.14. The second-order valence-electron chi connectivity index (χ2n) is 6.11. The van der Waals surface area contributed by atoms with Crippen LogP contribution in [-0.2, 0) is 19.5 Å². The molecule has 0 saturated heterocycles. The van der Waals surface area contributed by atoms with E-state index in [0.29, 0.717) is 12.5 Å². The van der Waals surface area contributed by atoms with Crippen LogP contribution >= 0.6 is 0 Å². The molecular formula is C16H32N4. The SMILES string of the molecule is CCCCCCCCCc1nnc(CN)n1CC(C)C. The molecule has 4 heteroatoms. The van der Waals surface area contributed by atoms with Gasteiger partial charge in [-0.15, -0.1) is 10.2 Å². The normalized spacial score (nSPS) is 11.4. The third-order valence-electron chi connectivity index (χ3n) is 3.64. The Hall–Kier alpha value is -0.900. The van der Waals surface area contributed by atoms with Gasteiger partial charge in [0.1, 0.15) is 11.6 Å². The summed E-state index contributed by atoms with van der Waals surface area (Å²) in [6.07, 6.45) is 10.4. The summed E-state index contributed by atoms with van der Waals surface area (Å²) in [5, 5.41) is 8.54. The summed E-state index contributed by atoms with van der Waals surface area (Å²) in [5.74, 6) is 2.65. The number of aryl methyl sites for hydroxylation is 1. The van der Waals surface area contributed by atoms with E-state index in [1.807, 2.05) is 0 Å². The van der Waals surface area contributed by atoms with Gasteiger partial charge in [0, 0.05) is 13.0 Å². The monoisotopic (exact) mass is 280 g/mol. The maximum atomic E-state index is 5.74. The van der Waals surface area contributed by atoms with E-state index in [0.717, 1.165) is 24.6 Å². The van der Waals surface area contributed by atoms with Gasteiger partial charge in [0.2, 0.25) is 0 Å². The van der Waals surface area contributed by atoms with Gasteiger partial charge in [0.05, 0.1) is 6.54 Å². The Morgan fingerprint density at radius 1 is 0.950 bits per heavy atom. The average molecular weight is 280 g/mol. The number of hydrogen-bond acceptors (Lipinski definition) is 3. The maximum Gasteiger partial charge on any atom is 0.146 e. The smallest absolute Gasteiger partial charge is 0.146 e. The molecule has 0 fully saturated rings. The van der Waals surface area contributed by atoms with Crippen molar-refractivity contribution in [1.29, 1.82) is 0 Å². The fraction of sp³-hybridized carbons (Fsp3) is 0.875. The fourth-order valence-corrected chi connectivity index (χ4v) is 2.52. The van der Waals surface area contributed by atoms with E-state index >= 15 is 0 Å². The molecule has 0 unspecified atom stereocenters. The summed E-state index contributed by atoms with van der Waals surface area (Å²) in [6, 6.07) is 0. The molecule has 0 radical (unpaired) electrons. The van der Waals surface area contributed by atoms with Gasteiger partial charge in [-0.05, 0) is 12.3 Å². The molecule has 0 spiro atoms. The van der Waals surface area contributed by atoms with Crippen LogP contribution in [0.3, 0.4) is 0 Å². The summed E-state index contributed by atoms with van der Waals surface area (Å²) < 4.78 is 2.22. The molecule has 0 bridgehead atoms. The van der Waals surface area contributed by atoms with Crippen LogP contribution in [0.2, 0.25) is 0 Å². The first-order valence-corrected chi connectivity index (χ1v) is 8.30. The molecule has 20 heavy (non-hydrogen) atoms. The van der Waals surface area contributed by atoms with Gasteiger partial charge in [-0.2, -0.15) is 0 Å². The van der Waals surface area contributed by atoms with Gasteiger partial charge in [-0.1, -0.05) is 59.3 Å². The molecule has 1 aromatic heterocycles. The number of unbranched alkanes of at least 4 members (excludes halogenated alkanes) is 6. The Morgan fingerprint density at radius 2 is 1.55 bits per heavy atom. The van der Waals surface area contributed by atoms with Crippen LogP contribution in [0, 0.1) is 5.92 Å². The van der Waals surface area contributed by atoms with E-state index in [-0.39, 0.29) is 0 Å². The molecule has 1 aromatic rings. The summed E-state index contributed by atoms with van der Waals surface area (Å²) >= 11 is 0. The molecule has 0 atom stereocenters. The van der Waals surface area contributed by atoms with E-state index in [4.69, 9.17) is 5.73 Å². The minimum atomic E-state index is 0.483. The highest BCUT2D eigenvalue weighted by molar-refractivity contribution is 4.96. The van der Waals surface area contributed by atoms with Gasteiger partial charge in [-0.25, -0.2) is 0 Å².